The average Bonchev–Trinajstić information content (AvgIpc) is 2.47. The standard InChI is InChI=1S/C12H12N4O3/c1-19-8-4-2-7(3-5-8)10-6-9(11(17)14-13)12(18)16-15-10/h2-6H,13H2,1H3,(H,14,17)(H,16,18). The van der Waals surface area contributed by atoms with Gasteiger partial charge in [-0.2, -0.15) is 5.10 Å². The number of nitrogen functional groups attached to an aromatic ring is 1. The van der Waals surface area contributed by atoms with Crippen molar-refractivity contribution in [2.24, 2.45) is 5.84 Å². The minimum atomic E-state index is -0.668. The van der Waals surface area contributed by atoms with E-state index in [0.717, 1.165) is 5.56 Å². The van der Waals surface area contributed by atoms with Gasteiger partial charge in [-0.15, -0.1) is 0 Å². The van der Waals surface area contributed by atoms with Crippen LogP contribution in [0.1, 0.15) is 10.4 Å². The third-order valence-electron chi connectivity index (χ3n) is 2.57. The van der Waals surface area contributed by atoms with Crippen LogP contribution in [0.25, 0.3) is 11.3 Å². The number of carbonyl (C=O) groups excluding carboxylic acids is 1. The summed E-state index contributed by atoms with van der Waals surface area (Å²) in [6, 6.07) is 8.42. The number of amides is 1. The quantitative estimate of drug-likeness (QED) is 0.410. The number of methoxy groups -OCH3 is 1. The first kappa shape index (κ1) is 12.8. The van der Waals surface area contributed by atoms with Gasteiger partial charge in [0.2, 0.25) is 0 Å². The molecule has 7 heteroatoms. The van der Waals surface area contributed by atoms with Crippen molar-refractivity contribution in [3.05, 3.63) is 46.2 Å². The lowest BCUT2D eigenvalue weighted by atomic mass is 10.1. The number of H-pyrrole nitrogens is 1. The Bertz CT molecular complexity index is 649. The zero-order valence-corrected chi connectivity index (χ0v) is 10.1. The molecule has 2 aromatic rings. The van der Waals surface area contributed by atoms with Gasteiger partial charge in [0, 0.05) is 5.56 Å². The van der Waals surface area contributed by atoms with E-state index in [-0.39, 0.29) is 5.56 Å². The molecule has 7 nitrogen and oxygen atoms in total. The molecule has 1 heterocycles. The van der Waals surface area contributed by atoms with E-state index in [4.69, 9.17) is 10.6 Å². The number of carbonyl (C=O) groups is 1. The molecule has 0 aliphatic carbocycles. The van der Waals surface area contributed by atoms with Crippen LogP contribution in [0.2, 0.25) is 0 Å². The third-order valence-corrected chi connectivity index (χ3v) is 2.57. The van der Waals surface area contributed by atoms with Crippen molar-refractivity contribution in [2.45, 2.75) is 0 Å². The zero-order chi connectivity index (χ0) is 13.8. The lowest BCUT2D eigenvalue weighted by Crippen LogP contribution is -2.34. The summed E-state index contributed by atoms with van der Waals surface area (Å²) in [5, 5.41) is 6.14. The highest BCUT2D eigenvalue weighted by Crippen LogP contribution is 2.19. The molecule has 0 fully saturated rings. The second-order valence-electron chi connectivity index (χ2n) is 3.70. The molecule has 4 N–H and O–H groups in total. The van der Waals surface area contributed by atoms with Gasteiger partial charge in [0.05, 0.1) is 12.8 Å². The first-order valence-corrected chi connectivity index (χ1v) is 5.41. The van der Waals surface area contributed by atoms with Crippen LogP contribution in [0.15, 0.2) is 35.1 Å². The Balaban J connectivity index is 2.45. The molecule has 2 rings (SSSR count). The second-order valence-corrected chi connectivity index (χ2v) is 3.70. The molecule has 0 spiro atoms. The number of nitrogens with zero attached hydrogens (tertiary/aromatic N) is 1. The van der Waals surface area contributed by atoms with Crippen LogP contribution in [0.5, 0.6) is 5.75 Å². The van der Waals surface area contributed by atoms with Gasteiger partial charge in [0.25, 0.3) is 11.5 Å². The molecule has 1 aromatic heterocycles. The zero-order valence-electron chi connectivity index (χ0n) is 10.1. The summed E-state index contributed by atoms with van der Waals surface area (Å²) in [6.07, 6.45) is 0. The highest BCUT2D eigenvalue weighted by molar-refractivity contribution is 5.94. The fourth-order valence-electron chi connectivity index (χ4n) is 1.56. The molecule has 0 aliphatic rings. The topological polar surface area (TPSA) is 110 Å². The van der Waals surface area contributed by atoms with E-state index in [1.807, 2.05) is 5.43 Å². The first-order valence-electron chi connectivity index (χ1n) is 5.41. The Morgan fingerprint density at radius 3 is 2.63 bits per heavy atom. The number of nitrogens with two attached hydrogens (primary N) is 1. The van der Waals surface area contributed by atoms with E-state index in [9.17, 15) is 9.59 Å². The molecule has 98 valence electrons. The maximum absolute atomic E-state index is 11.4. The normalized spacial score (nSPS) is 10.0. The van der Waals surface area contributed by atoms with Gasteiger partial charge in [-0.05, 0) is 30.3 Å². The summed E-state index contributed by atoms with van der Waals surface area (Å²) in [4.78, 5) is 22.9. The summed E-state index contributed by atoms with van der Waals surface area (Å²) < 4.78 is 5.04. The van der Waals surface area contributed by atoms with Crippen molar-refractivity contribution in [1.82, 2.24) is 15.6 Å². The van der Waals surface area contributed by atoms with Crippen molar-refractivity contribution < 1.29 is 9.53 Å². The van der Waals surface area contributed by atoms with Gasteiger partial charge < -0.3 is 4.74 Å². The molecule has 0 radical (unpaired) electrons. The van der Waals surface area contributed by atoms with Gasteiger partial charge in [0.1, 0.15) is 11.3 Å². The van der Waals surface area contributed by atoms with Crippen LogP contribution in [-0.2, 0) is 0 Å². The van der Waals surface area contributed by atoms with Crippen molar-refractivity contribution in [3.8, 4) is 17.0 Å². The predicted octanol–water partition coefficient (Wildman–Crippen LogP) is 0.0490. The van der Waals surface area contributed by atoms with E-state index in [2.05, 4.69) is 10.2 Å². The van der Waals surface area contributed by atoms with Crippen molar-refractivity contribution in [2.75, 3.05) is 7.11 Å². The van der Waals surface area contributed by atoms with Crippen LogP contribution >= 0.6 is 0 Å². The average molecular weight is 260 g/mol. The van der Waals surface area contributed by atoms with Gasteiger partial charge in [-0.1, -0.05) is 0 Å². The van der Waals surface area contributed by atoms with Crippen molar-refractivity contribution in [1.29, 1.82) is 0 Å². The number of benzene rings is 1. The number of hydrazine groups is 1. The highest BCUT2D eigenvalue weighted by Gasteiger charge is 2.11. The molecule has 19 heavy (non-hydrogen) atoms. The summed E-state index contributed by atoms with van der Waals surface area (Å²) >= 11 is 0. The van der Waals surface area contributed by atoms with Crippen LogP contribution in [0.4, 0.5) is 0 Å². The van der Waals surface area contributed by atoms with Crippen LogP contribution in [0.3, 0.4) is 0 Å². The van der Waals surface area contributed by atoms with Crippen LogP contribution < -0.4 is 21.6 Å². The smallest absolute Gasteiger partial charge is 0.277 e. The number of hydrogen-bond acceptors (Lipinski definition) is 5. The molecule has 0 atom stereocenters. The molecule has 0 aliphatic heterocycles. The number of ether oxygens (including phenoxy) is 1. The Hall–Kier alpha value is -2.67. The first-order chi connectivity index (χ1) is 9.15. The number of rotatable bonds is 3. The van der Waals surface area contributed by atoms with E-state index in [0.29, 0.717) is 11.4 Å². The summed E-state index contributed by atoms with van der Waals surface area (Å²) in [5.41, 5.74) is 2.42. The van der Waals surface area contributed by atoms with Crippen LogP contribution in [-0.4, -0.2) is 23.2 Å². The molecular formula is C12H12N4O3. The van der Waals surface area contributed by atoms with E-state index >= 15 is 0 Å². The summed E-state index contributed by atoms with van der Waals surface area (Å²) in [7, 11) is 1.57. The van der Waals surface area contributed by atoms with Gasteiger partial charge in [0.15, 0.2) is 0 Å². The number of nitrogens with one attached hydrogen (secondary N) is 2. The third kappa shape index (κ3) is 2.61. The monoisotopic (exact) mass is 260 g/mol. The minimum Gasteiger partial charge on any atom is -0.497 e. The largest absolute Gasteiger partial charge is 0.497 e. The summed E-state index contributed by atoms with van der Waals surface area (Å²) in [5.74, 6) is 5.04. The minimum absolute atomic E-state index is 0.0941. The fourth-order valence-corrected chi connectivity index (χ4v) is 1.56. The molecule has 0 unspecified atom stereocenters. The number of hydrogen-bond donors (Lipinski definition) is 3. The fraction of sp³-hybridized carbons (Fsp3) is 0.0833. The Kier molecular flexibility index (Phi) is 3.58. The molecular weight excluding hydrogens is 248 g/mol. The lowest BCUT2D eigenvalue weighted by Gasteiger charge is -2.04. The van der Waals surface area contributed by atoms with E-state index in [1.54, 1.807) is 31.4 Å². The molecule has 0 saturated carbocycles. The maximum Gasteiger partial charge on any atom is 0.277 e. The van der Waals surface area contributed by atoms with Gasteiger partial charge >= 0.3 is 0 Å². The van der Waals surface area contributed by atoms with Crippen molar-refractivity contribution in [3.63, 3.8) is 0 Å². The van der Waals surface area contributed by atoms with Gasteiger partial charge in [-0.3, -0.25) is 15.0 Å². The molecule has 0 saturated heterocycles. The highest BCUT2D eigenvalue weighted by atomic mass is 16.5. The van der Waals surface area contributed by atoms with Crippen LogP contribution in [0, 0.1) is 0 Å². The Morgan fingerprint density at radius 1 is 1.37 bits per heavy atom. The van der Waals surface area contributed by atoms with E-state index < -0.39 is 11.5 Å². The van der Waals surface area contributed by atoms with Crippen molar-refractivity contribution >= 4 is 5.91 Å². The predicted molar refractivity (Wildman–Crippen MR) is 68.5 cm³/mol. The van der Waals surface area contributed by atoms with E-state index in [1.165, 1.54) is 6.07 Å². The Morgan fingerprint density at radius 2 is 2.05 bits per heavy atom. The number of aromatic nitrogens is 2. The summed E-state index contributed by atoms with van der Waals surface area (Å²) in [6.45, 7) is 0. The Labute approximate surface area is 108 Å². The molecule has 0 bridgehead atoms. The second kappa shape index (κ2) is 5.32. The van der Waals surface area contributed by atoms with Gasteiger partial charge in [-0.25, -0.2) is 10.9 Å². The molecule has 1 aromatic carbocycles. The molecule has 1 amide bonds. The number of aromatic amines is 1. The SMILES string of the molecule is COc1ccc(-c2cc(C(=O)NN)c(=O)[nH]n2)cc1. The lowest BCUT2D eigenvalue weighted by molar-refractivity contribution is 0.0952. The maximum atomic E-state index is 11.4.